The highest BCUT2D eigenvalue weighted by Crippen LogP contribution is 2.28. The summed E-state index contributed by atoms with van der Waals surface area (Å²) < 4.78 is 0.338. The molecule has 1 aromatic rings. The Bertz CT molecular complexity index is 353. The predicted octanol–water partition coefficient (Wildman–Crippen LogP) is 2.81. The van der Waals surface area contributed by atoms with E-state index in [1.54, 1.807) is 13.8 Å². The summed E-state index contributed by atoms with van der Waals surface area (Å²) in [5.41, 5.74) is 1.44. The van der Waals surface area contributed by atoms with E-state index in [-0.39, 0.29) is 10.7 Å². The van der Waals surface area contributed by atoms with Gasteiger partial charge in [0, 0.05) is 5.69 Å². The normalized spacial score (nSPS) is 10.2. The molecule has 0 saturated heterocycles. The highest BCUT2D eigenvalue weighted by Gasteiger charge is 2.17. The molecule has 0 bridgehead atoms. The van der Waals surface area contributed by atoms with Crippen LogP contribution in [0, 0.1) is 13.8 Å². The third kappa shape index (κ3) is 1.84. The molecular weight excluding hydrogens is 257 g/mol. The minimum absolute atomic E-state index is 0.178. The van der Waals surface area contributed by atoms with Gasteiger partial charge >= 0.3 is 5.97 Å². The van der Waals surface area contributed by atoms with Gasteiger partial charge in [0.2, 0.25) is 0 Å². The average Bonchev–Trinajstić information content (AvgIpc) is 2.01. The number of carbonyl (C=O) groups is 1. The molecule has 1 N–H and O–H groups in total. The molecule has 13 heavy (non-hydrogen) atoms. The lowest BCUT2D eigenvalue weighted by Gasteiger charge is -2.07. The zero-order valence-electron chi connectivity index (χ0n) is 7.06. The van der Waals surface area contributed by atoms with Crippen LogP contribution in [0.25, 0.3) is 0 Å². The molecule has 1 aromatic heterocycles. The quantitative estimate of drug-likeness (QED) is 0.794. The van der Waals surface area contributed by atoms with E-state index in [0.717, 1.165) is 0 Å². The fourth-order valence-corrected chi connectivity index (χ4v) is 1.76. The molecule has 70 valence electrons. The van der Waals surface area contributed by atoms with E-state index < -0.39 is 5.97 Å². The Kier molecular flexibility index (Phi) is 2.93. The van der Waals surface area contributed by atoms with Gasteiger partial charge in [0.1, 0.15) is 5.15 Å². The van der Waals surface area contributed by atoms with Crippen molar-refractivity contribution in [2.75, 3.05) is 0 Å². The van der Waals surface area contributed by atoms with E-state index >= 15 is 0 Å². The molecule has 0 spiro atoms. The van der Waals surface area contributed by atoms with Gasteiger partial charge < -0.3 is 5.11 Å². The molecule has 0 unspecified atom stereocenters. The molecular formula is C8H7BrClNO2. The van der Waals surface area contributed by atoms with Gasteiger partial charge in [-0.05, 0) is 35.3 Å². The van der Waals surface area contributed by atoms with Crippen LogP contribution in [-0.4, -0.2) is 16.1 Å². The van der Waals surface area contributed by atoms with E-state index in [9.17, 15) is 4.79 Å². The summed E-state index contributed by atoms with van der Waals surface area (Å²) in [4.78, 5) is 14.8. The number of halogens is 2. The van der Waals surface area contributed by atoms with Gasteiger partial charge in [0.25, 0.3) is 0 Å². The SMILES string of the molecule is Cc1nc(Cl)c(Br)c(C(=O)O)c1C. The van der Waals surface area contributed by atoms with Gasteiger partial charge in [-0.3, -0.25) is 0 Å². The maximum absolute atomic E-state index is 10.8. The zero-order valence-corrected chi connectivity index (χ0v) is 9.40. The standard InChI is InChI=1S/C8H7BrClNO2/c1-3-4(2)11-7(10)6(9)5(3)8(12)13/h1-2H3,(H,12,13). The number of pyridine rings is 1. The third-order valence-electron chi connectivity index (χ3n) is 1.80. The van der Waals surface area contributed by atoms with Crippen molar-refractivity contribution in [1.82, 2.24) is 4.98 Å². The lowest BCUT2D eigenvalue weighted by molar-refractivity contribution is 0.0695. The van der Waals surface area contributed by atoms with Crippen LogP contribution in [0.5, 0.6) is 0 Å². The minimum Gasteiger partial charge on any atom is -0.478 e. The highest BCUT2D eigenvalue weighted by molar-refractivity contribution is 9.10. The summed E-state index contributed by atoms with van der Waals surface area (Å²) in [6.07, 6.45) is 0. The van der Waals surface area contributed by atoms with Crippen molar-refractivity contribution in [3.63, 3.8) is 0 Å². The molecule has 0 atom stereocenters. The van der Waals surface area contributed by atoms with Gasteiger partial charge in [0.05, 0.1) is 10.0 Å². The number of hydrogen-bond acceptors (Lipinski definition) is 2. The molecule has 0 aromatic carbocycles. The van der Waals surface area contributed by atoms with Crippen LogP contribution < -0.4 is 0 Å². The van der Waals surface area contributed by atoms with Crippen molar-refractivity contribution in [3.05, 3.63) is 26.4 Å². The maximum Gasteiger partial charge on any atom is 0.337 e. The first kappa shape index (κ1) is 10.5. The molecule has 0 aliphatic heterocycles. The molecule has 0 fully saturated rings. The summed E-state index contributed by atoms with van der Waals surface area (Å²) in [6.45, 7) is 3.42. The third-order valence-corrected chi connectivity index (χ3v) is 3.07. The number of nitrogens with zero attached hydrogens (tertiary/aromatic N) is 1. The van der Waals surface area contributed by atoms with E-state index in [2.05, 4.69) is 20.9 Å². The van der Waals surface area contributed by atoms with E-state index in [1.807, 2.05) is 0 Å². The van der Waals surface area contributed by atoms with Crippen LogP contribution >= 0.6 is 27.5 Å². The average molecular weight is 265 g/mol. The van der Waals surface area contributed by atoms with Crippen LogP contribution in [0.4, 0.5) is 0 Å². The molecule has 3 nitrogen and oxygen atoms in total. The molecule has 1 rings (SSSR count). The van der Waals surface area contributed by atoms with E-state index in [1.165, 1.54) is 0 Å². The van der Waals surface area contributed by atoms with Gasteiger partial charge in [0.15, 0.2) is 0 Å². The van der Waals surface area contributed by atoms with Crippen LogP contribution in [0.3, 0.4) is 0 Å². The molecule has 0 aliphatic rings. The fraction of sp³-hybridized carbons (Fsp3) is 0.250. The number of carboxylic acids is 1. The van der Waals surface area contributed by atoms with Gasteiger partial charge in [-0.2, -0.15) is 0 Å². The Morgan fingerprint density at radius 2 is 2.08 bits per heavy atom. The molecule has 0 amide bonds. The number of rotatable bonds is 1. The van der Waals surface area contributed by atoms with Crippen LogP contribution in [0.2, 0.25) is 5.15 Å². The van der Waals surface area contributed by atoms with Crippen molar-refractivity contribution in [2.24, 2.45) is 0 Å². The van der Waals surface area contributed by atoms with Crippen LogP contribution in [-0.2, 0) is 0 Å². The first-order chi connectivity index (χ1) is 5.95. The number of aromatic carboxylic acids is 1. The predicted molar refractivity (Wildman–Crippen MR) is 53.4 cm³/mol. The fourth-order valence-electron chi connectivity index (χ4n) is 0.983. The van der Waals surface area contributed by atoms with Crippen molar-refractivity contribution < 1.29 is 9.90 Å². The Labute approximate surface area is 88.9 Å². The number of aryl methyl sites for hydroxylation is 1. The Morgan fingerprint density at radius 3 is 2.54 bits per heavy atom. The lowest BCUT2D eigenvalue weighted by atomic mass is 10.1. The van der Waals surface area contributed by atoms with Crippen molar-refractivity contribution in [3.8, 4) is 0 Å². The second kappa shape index (κ2) is 3.64. The monoisotopic (exact) mass is 263 g/mol. The summed E-state index contributed by atoms with van der Waals surface area (Å²) >= 11 is 8.80. The summed E-state index contributed by atoms with van der Waals surface area (Å²) in [6, 6.07) is 0. The Balaban J connectivity index is 3.56. The number of aromatic nitrogens is 1. The lowest BCUT2D eigenvalue weighted by Crippen LogP contribution is -2.05. The van der Waals surface area contributed by atoms with Crippen LogP contribution in [0.1, 0.15) is 21.6 Å². The van der Waals surface area contributed by atoms with Crippen molar-refractivity contribution >= 4 is 33.5 Å². The smallest absolute Gasteiger partial charge is 0.337 e. The molecule has 0 aliphatic carbocycles. The van der Waals surface area contributed by atoms with Gasteiger partial charge in [-0.1, -0.05) is 11.6 Å². The summed E-state index contributed by atoms with van der Waals surface area (Å²) in [5.74, 6) is -1.00. The zero-order chi connectivity index (χ0) is 10.2. The first-order valence-electron chi connectivity index (χ1n) is 3.50. The number of hydrogen-bond donors (Lipinski definition) is 1. The summed E-state index contributed by atoms with van der Waals surface area (Å²) in [5, 5.41) is 9.06. The molecule has 0 saturated carbocycles. The molecule has 1 heterocycles. The van der Waals surface area contributed by atoms with E-state index in [0.29, 0.717) is 15.7 Å². The Morgan fingerprint density at radius 1 is 1.54 bits per heavy atom. The second-order valence-corrected chi connectivity index (χ2v) is 3.76. The topological polar surface area (TPSA) is 50.2 Å². The molecule has 0 radical (unpaired) electrons. The number of carboxylic acid groups (broad SMARTS) is 1. The second-order valence-electron chi connectivity index (χ2n) is 2.61. The highest BCUT2D eigenvalue weighted by atomic mass is 79.9. The van der Waals surface area contributed by atoms with Crippen LogP contribution in [0.15, 0.2) is 4.47 Å². The maximum atomic E-state index is 10.8. The van der Waals surface area contributed by atoms with Crippen molar-refractivity contribution in [1.29, 1.82) is 0 Å². The Hall–Kier alpha value is -0.610. The largest absolute Gasteiger partial charge is 0.478 e. The van der Waals surface area contributed by atoms with Gasteiger partial charge in [-0.25, -0.2) is 9.78 Å². The first-order valence-corrected chi connectivity index (χ1v) is 4.67. The molecule has 5 heteroatoms. The minimum atomic E-state index is -1.00. The van der Waals surface area contributed by atoms with Crippen molar-refractivity contribution in [2.45, 2.75) is 13.8 Å². The van der Waals surface area contributed by atoms with Gasteiger partial charge in [-0.15, -0.1) is 0 Å². The van der Waals surface area contributed by atoms with E-state index in [4.69, 9.17) is 16.7 Å². The summed E-state index contributed by atoms with van der Waals surface area (Å²) in [7, 11) is 0.